The molecule has 8 nitrogen and oxygen atoms in total. The first-order valence-electron chi connectivity index (χ1n) is 6.26. The lowest BCUT2D eigenvalue weighted by Crippen LogP contribution is -2.14. The summed E-state index contributed by atoms with van der Waals surface area (Å²) in [5.41, 5.74) is 3.59. The van der Waals surface area contributed by atoms with Crippen LogP contribution in [0.15, 0.2) is 21.7 Å². The summed E-state index contributed by atoms with van der Waals surface area (Å²) in [6.07, 6.45) is 2.33. The van der Waals surface area contributed by atoms with Gasteiger partial charge in [-0.3, -0.25) is 0 Å². The summed E-state index contributed by atoms with van der Waals surface area (Å²) >= 11 is 3.45. The van der Waals surface area contributed by atoms with Crippen LogP contribution in [0.2, 0.25) is 0 Å². The molecule has 0 saturated heterocycles. The van der Waals surface area contributed by atoms with Gasteiger partial charge in [-0.2, -0.15) is 5.10 Å². The Kier molecular flexibility index (Phi) is 6.92. The molecule has 0 fully saturated rings. The Morgan fingerprint density at radius 1 is 1.35 bits per heavy atom. The molecule has 0 atom stereocenters. The molecular formula is C12H15BrCl2N6O2. The van der Waals surface area contributed by atoms with Gasteiger partial charge in [-0.15, -0.1) is 35.0 Å². The van der Waals surface area contributed by atoms with Gasteiger partial charge in [0, 0.05) is 16.5 Å². The molecule has 11 heteroatoms. The van der Waals surface area contributed by atoms with Crippen LogP contribution < -0.4 is 20.7 Å². The molecule has 1 aromatic carbocycles. The first-order valence-corrected chi connectivity index (χ1v) is 7.06. The largest absolute Gasteiger partial charge is 0.454 e. The number of hydrogen-bond donors (Lipinski definition) is 2. The molecule has 126 valence electrons. The van der Waals surface area contributed by atoms with Gasteiger partial charge in [0.1, 0.15) is 0 Å². The van der Waals surface area contributed by atoms with E-state index in [1.807, 2.05) is 19.1 Å². The molecule has 0 aliphatic carbocycles. The maximum Gasteiger partial charge on any atom is 0.263 e. The van der Waals surface area contributed by atoms with E-state index in [4.69, 9.17) is 15.3 Å². The van der Waals surface area contributed by atoms with Gasteiger partial charge in [-0.05, 0) is 28.1 Å². The Bertz CT molecular complexity index is 709. The van der Waals surface area contributed by atoms with Gasteiger partial charge < -0.3 is 15.3 Å². The van der Waals surface area contributed by atoms with E-state index in [-0.39, 0.29) is 31.6 Å². The lowest BCUT2D eigenvalue weighted by Gasteiger charge is -2.02. The van der Waals surface area contributed by atoms with E-state index in [1.165, 1.54) is 4.68 Å². The van der Waals surface area contributed by atoms with Crippen molar-refractivity contribution >= 4 is 52.9 Å². The van der Waals surface area contributed by atoms with Crippen molar-refractivity contribution in [1.29, 1.82) is 0 Å². The Labute approximate surface area is 153 Å². The number of nitrogens with one attached hydrogen (secondary N) is 1. The minimum atomic E-state index is 0. The number of ether oxygens (including phenoxy) is 2. The molecule has 0 bridgehead atoms. The summed E-state index contributed by atoms with van der Waals surface area (Å²) in [5.74, 6) is 8.26. The molecule has 2 heterocycles. The maximum atomic E-state index is 5.81. The number of anilines is 1. The van der Waals surface area contributed by atoms with Gasteiger partial charge >= 0.3 is 0 Å². The van der Waals surface area contributed by atoms with Gasteiger partial charge in [0.2, 0.25) is 6.79 Å². The molecule has 1 aliphatic rings. The second-order valence-corrected chi connectivity index (χ2v) is 5.11. The first kappa shape index (κ1) is 19.3. The van der Waals surface area contributed by atoms with E-state index >= 15 is 0 Å². The maximum absolute atomic E-state index is 5.81. The smallest absolute Gasteiger partial charge is 0.263 e. The van der Waals surface area contributed by atoms with E-state index in [0.717, 1.165) is 10.0 Å². The summed E-state index contributed by atoms with van der Waals surface area (Å²) in [6.45, 7) is 2.18. The van der Waals surface area contributed by atoms with Crippen LogP contribution in [0.4, 0.5) is 5.95 Å². The number of nitrogens with zero attached hydrogens (tertiary/aromatic N) is 4. The highest BCUT2D eigenvalue weighted by molar-refractivity contribution is 9.10. The Balaban J connectivity index is 0.00000132. The zero-order valence-corrected chi connectivity index (χ0v) is 15.2. The standard InChI is InChI=1S/C12H13BrN6O2.2ClH/c1-2-11-16-18-12(19(11)14)17-15-5-7-3-9-10(4-8(7)13)21-6-20-9;;/h3-5H,2,6,14H2,1H3,(H,17,18);2*1H/b15-5-;;. The Morgan fingerprint density at radius 2 is 2.04 bits per heavy atom. The minimum absolute atomic E-state index is 0. The Morgan fingerprint density at radius 3 is 2.70 bits per heavy atom. The monoisotopic (exact) mass is 424 g/mol. The Hall–Kier alpha value is -1.71. The third kappa shape index (κ3) is 3.98. The van der Waals surface area contributed by atoms with Crippen LogP contribution in [-0.2, 0) is 6.42 Å². The van der Waals surface area contributed by atoms with E-state index in [1.54, 1.807) is 6.21 Å². The van der Waals surface area contributed by atoms with Gasteiger partial charge in [0.25, 0.3) is 5.95 Å². The van der Waals surface area contributed by atoms with Crippen molar-refractivity contribution in [3.05, 3.63) is 28.0 Å². The number of fused-ring (bicyclic) bond motifs is 1. The van der Waals surface area contributed by atoms with Crippen molar-refractivity contribution in [2.45, 2.75) is 13.3 Å². The molecule has 1 aliphatic heterocycles. The molecule has 2 aromatic rings. The molecule has 0 unspecified atom stereocenters. The second kappa shape index (κ2) is 8.23. The number of rotatable bonds is 4. The average molecular weight is 426 g/mol. The van der Waals surface area contributed by atoms with Gasteiger partial charge in [-0.1, -0.05) is 6.92 Å². The van der Waals surface area contributed by atoms with Crippen molar-refractivity contribution in [1.82, 2.24) is 14.9 Å². The topological polar surface area (TPSA) is 99.6 Å². The summed E-state index contributed by atoms with van der Waals surface area (Å²) in [6, 6.07) is 3.67. The number of aromatic nitrogens is 3. The van der Waals surface area contributed by atoms with Crippen LogP contribution in [0.25, 0.3) is 0 Å². The summed E-state index contributed by atoms with van der Waals surface area (Å²) in [7, 11) is 0. The predicted molar refractivity (Wildman–Crippen MR) is 95.5 cm³/mol. The molecule has 0 spiro atoms. The third-order valence-corrected chi connectivity index (χ3v) is 3.63. The molecule has 0 radical (unpaired) electrons. The van der Waals surface area contributed by atoms with Gasteiger partial charge in [0.05, 0.1) is 6.21 Å². The minimum Gasteiger partial charge on any atom is -0.454 e. The number of aryl methyl sites for hydroxylation is 1. The third-order valence-electron chi connectivity index (χ3n) is 2.94. The summed E-state index contributed by atoms with van der Waals surface area (Å²) in [5, 5.41) is 11.9. The lowest BCUT2D eigenvalue weighted by atomic mass is 10.2. The van der Waals surface area contributed by atoms with E-state index in [9.17, 15) is 0 Å². The zero-order chi connectivity index (χ0) is 14.8. The zero-order valence-electron chi connectivity index (χ0n) is 12.0. The fraction of sp³-hybridized carbons (Fsp3) is 0.250. The van der Waals surface area contributed by atoms with E-state index in [2.05, 4.69) is 36.7 Å². The first-order chi connectivity index (χ1) is 10.2. The molecule has 23 heavy (non-hydrogen) atoms. The van der Waals surface area contributed by atoms with Crippen molar-refractivity contribution in [3.63, 3.8) is 0 Å². The van der Waals surface area contributed by atoms with Crippen LogP contribution >= 0.6 is 40.7 Å². The highest BCUT2D eigenvalue weighted by Gasteiger charge is 2.15. The quantitative estimate of drug-likeness (QED) is 0.443. The predicted octanol–water partition coefficient (Wildman–Crippen LogP) is 2.34. The van der Waals surface area contributed by atoms with Crippen molar-refractivity contribution in [2.75, 3.05) is 18.1 Å². The number of halogens is 3. The van der Waals surface area contributed by atoms with E-state index < -0.39 is 0 Å². The van der Waals surface area contributed by atoms with Crippen LogP contribution in [0.5, 0.6) is 11.5 Å². The lowest BCUT2D eigenvalue weighted by molar-refractivity contribution is 0.174. The highest BCUT2D eigenvalue weighted by atomic mass is 79.9. The molecule has 3 rings (SSSR count). The number of hydrazone groups is 1. The van der Waals surface area contributed by atoms with Gasteiger partial charge in [0.15, 0.2) is 17.3 Å². The molecule has 0 amide bonds. The fourth-order valence-electron chi connectivity index (χ4n) is 1.83. The van der Waals surface area contributed by atoms with Crippen molar-refractivity contribution in [2.24, 2.45) is 5.10 Å². The molecule has 1 aromatic heterocycles. The molecule has 0 saturated carbocycles. The number of benzene rings is 1. The summed E-state index contributed by atoms with van der Waals surface area (Å²) in [4.78, 5) is 0. The van der Waals surface area contributed by atoms with Crippen LogP contribution in [0.1, 0.15) is 18.3 Å². The SMILES string of the molecule is CCc1nnc(N/N=C\c2cc3c(cc2Br)OCO3)n1N.Cl.Cl. The molecular weight excluding hydrogens is 411 g/mol. The summed E-state index contributed by atoms with van der Waals surface area (Å²) < 4.78 is 12.8. The van der Waals surface area contributed by atoms with Crippen LogP contribution in [0.3, 0.4) is 0 Å². The van der Waals surface area contributed by atoms with Gasteiger partial charge in [-0.25, -0.2) is 10.1 Å². The second-order valence-electron chi connectivity index (χ2n) is 4.26. The highest BCUT2D eigenvalue weighted by Crippen LogP contribution is 2.36. The van der Waals surface area contributed by atoms with Crippen molar-refractivity contribution < 1.29 is 9.47 Å². The normalized spacial score (nSPS) is 11.9. The number of hydrogen-bond acceptors (Lipinski definition) is 7. The van der Waals surface area contributed by atoms with Crippen LogP contribution in [-0.4, -0.2) is 27.9 Å². The number of nitrogen functional groups attached to an aromatic ring is 1. The van der Waals surface area contributed by atoms with Crippen molar-refractivity contribution in [3.8, 4) is 11.5 Å². The fourth-order valence-corrected chi connectivity index (χ4v) is 2.26. The number of nitrogens with two attached hydrogens (primary N) is 1. The molecule has 3 N–H and O–H groups in total. The van der Waals surface area contributed by atoms with Crippen LogP contribution in [0, 0.1) is 0 Å². The average Bonchev–Trinajstić information content (AvgIpc) is 3.06. The van der Waals surface area contributed by atoms with E-state index in [0.29, 0.717) is 29.7 Å².